The molecule has 1 atom stereocenters. The fraction of sp³-hybridized carbons (Fsp3) is 0.571. The first kappa shape index (κ1) is 15.2. The van der Waals surface area contributed by atoms with E-state index in [1.165, 1.54) is 0 Å². The molecule has 3 nitrogen and oxygen atoms in total. The van der Waals surface area contributed by atoms with Gasteiger partial charge in [-0.25, -0.2) is 0 Å². The fourth-order valence-corrected chi connectivity index (χ4v) is 3.97. The van der Waals surface area contributed by atoms with Crippen molar-refractivity contribution in [3.05, 3.63) is 34.3 Å². The molecule has 1 heterocycles. The van der Waals surface area contributed by atoms with E-state index in [2.05, 4.69) is 20.8 Å². The van der Waals surface area contributed by atoms with Crippen LogP contribution in [0.25, 0.3) is 0 Å². The summed E-state index contributed by atoms with van der Waals surface area (Å²) in [6.45, 7) is 0.624. The van der Waals surface area contributed by atoms with Crippen molar-refractivity contribution in [1.29, 1.82) is 0 Å². The molecule has 1 fully saturated rings. The molecule has 1 unspecified atom stereocenters. The predicted octanol–water partition coefficient (Wildman–Crippen LogP) is 2.33. The first-order valence-electron chi connectivity index (χ1n) is 6.55. The van der Waals surface area contributed by atoms with E-state index in [4.69, 9.17) is 0 Å². The van der Waals surface area contributed by atoms with Crippen molar-refractivity contribution in [2.75, 3.05) is 25.1 Å². The zero-order valence-corrected chi connectivity index (χ0v) is 13.5. The van der Waals surface area contributed by atoms with E-state index < -0.39 is 16.9 Å². The summed E-state index contributed by atoms with van der Waals surface area (Å²) < 4.78 is 12.4. The molecular formula is C14H20BrNO2S. The molecular weight excluding hydrogens is 326 g/mol. The highest BCUT2D eigenvalue weighted by atomic mass is 79.9. The van der Waals surface area contributed by atoms with Crippen LogP contribution in [0.4, 0.5) is 0 Å². The Labute approximate surface area is 125 Å². The van der Waals surface area contributed by atoms with Gasteiger partial charge in [0.2, 0.25) is 0 Å². The maximum absolute atomic E-state index is 11.3. The molecule has 0 radical (unpaired) electrons. The Morgan fingerprint density at radius 3 is 2.53 bits per heavy atom. The summed E-state index contributed by atoms with van der Waals surface area (Å²) in [5.41, 5.74) is 0.939. The van der Waals surface area contributed by atoms with Gasteiger partial charge < -0.3 is 10.0 Å². The van der Waals surface area contributed by atoms with Crippen LogP contribution in [0.2, 0.25) is 0 Å². The number of hydrogen-bond acceptors (Lipinski definition) is 3. The number of halogens is 1. The number of nitrogens with zero attached hydrogens (tertiary/aromatic N) is 1. The van der Waals surface area contributed by atoms with Crippen molar-refractivity contribution >= 4 is 26.7 Å². The van der Waals surface area contributed by atoms with Crippen LogP contribution in [0.1, 0.15) is 24.5 Å². The molecule has 0 bridgehead atoms. The van der Waals surface area contributed by atoms with Crippen LogP contribution in [0.5, 0.6) is 0 Å². The number of aliphatic hydroxyl groups is 1. The zero-order chi connectivity index (χ0) is 13.8. The van der Waals surface area contributed by atoms with E-state index in [1.807, 2.05) is 31.3 Å². The molecule has 1 aliphatic rings. The van der Waals surface area contributed by atoms with Gasteiger partial charge in [0.05, 0.1) is 6.10 Å². The molecule has 106 valence electrons. The highest BCUT2D eigenvalue weighted by Gasteiger charge is 2.23. The smallest absolute Gasteiger partial charge is 0.0916 e. The van der Waals surface area contributed by atoms with Gasteiger partial charge in [0.15, 0.2) is 0 Å². The second-order valence-electron chi connectivity index (χ2n) is 5.09. The van der Waals surface area contributed by atoms with Crippen molar-refractivity contribution in [3.63, 3.8) is 0 Å². The average molecular weight is 346 g/mol. The highest BCUT2D eigenvalue weighted by Crippen LogP contribution is 2.21. The van der Waals surface area contributed by atoms with Gasteiger partial charge in [-0.15, -0.1) is 0 Å². The number of benzene rings is 1. The van der Waals surface area contributed by atoms with Crippen LogP contribution in [-0.4, -0.2) is 45.4 Å². The Morgan fingerprint density at radius 2 is 1.95 bits per heavy atom. The van der Waals surface area contributed by atoms with Crippen LogP contribution in [0, 0.1) is 0 Å². The van der Waals surface area contributed by atoms with E-state index in [-0.39, 0.29) is 0 Å². The lowest BCUT2D eigenvalue weighted by molar-refractivity contribution is 0.101. The monoisotopic (exact) mass is 345 g/mol. The highest BCUT2D eigenvalue weighted by molar-refractivity contribution is 9.10. The van der Waals surface area contributed by atoms with Crippen LogP contribution in [0.15, 0.2) is 28.7 Å². The van der Waals surface area contributed by atoms with Crippen LogP contribution >= 0.6 is 15.9 Å². The van der Waals surface area contributed by atoms with Gasteiger partial charge >= 0.3 is 0 Å². The molecule has 0 aromatic heterocycles. The minimum Gasteiger partial charge on any atom is -0.387 e. The third-order valence-electron chi connectivity index (χ3n) is 3.70. The molecule has 1 N–H and O–H groups in total. The van der Waals surface area contributed by atoms with Gasteiger partial charge in [0.25, 0.3) is 0 Å². The Hall–Kier alpha value is -0.230. The minimum absolute atomic E-state index is 0.447. The van der Waals surface area contributed by atoms with E-state index in [9.17, 15) is 9.32 Å². The Bertz CT molecular complexity index is 428. The van der Waals surface area contributed by atoms with Crippen LogP contribution in [0.3, 0.4) is 0 Å². The SMILES string of the molecule is CN(CC(O)c1ccc(Br)cc1)C1CCS(=O)CC1. The van der Waals surface area contributed by atoms with Gasteiger partial charge in [0.1, 0.15) is 0 Å². The van der Waals surface area contributed by atoms with Crippen LogP contribution in [-0.2, 0) is 10.8 Å². The first-order valence-corrected chi connectivity index (χ1v) is 8.83. The molecule has 1 aliphatic heterocycles. The normalized spacial score (nSPS) is 25.5. The van der Waals surface area contributed by atoms with E-state index in [0.717, 1.165) is 34.4 Å². The maximum Gasteiger partial charge on any atom is 0.0916 e. The van der Waals surface area contributed by atoms with E-state index >= 15 is 0 Å². The molecule has 0 aliphatic carbocycles. The third kappa shape index (κ3) is 4.38. The molecule has 0 spiro atoms. The summed E-state index contributed by atoms with van der Waals surface area (Å²) in [5.74, 6) is 1.59. The standard InChI is InChI=1S/C14H20BrNO2S/c1-16(13-6-8-19(18)9-7-13)10-14(17)11-2-4-12(15)5-3-11/h2-5,13-14,17H,6-10H2,1H3. The molecule has 1 aromatic rings. The molecule has 1 saturated heterocycles. The van der Waals surface area contributed by atoms with Crippen LogP contribution < -0.4 is 0 Å². The summed E-state index contributed by atoms with van der Waals surface area (Å²) in [6, 6.07) is 8.23. The van der Waals surface area contributed by atoms with Gasteiger partial charge in [0, 0.05) is 39.4 Å². The van der Waals surface area contributed by atoms with Gasteiger partial charge in [-0.3, -0.25) is 4.21 Å². The Morgan fingerprint density at radius 1 is 1.37 bits per heavy atom. The number of likely N-dealkylation sites (N-methyl/N-ethyl adjacent to an activating group) is 1. The summed E-state index contributed by atoms with van der Waals surface area (Å²) >= 11 is 3.39. The quantitative estimate of drug-likeness (QED) is 0.910. The average Bonchev–Trinajstić information content (AvgIpc) is 2.40. The lowest BCUT2D eigenvalue weighted by Crippen LogP contribution is -2.39. The molecule has 1 aromatic carbocycles. The Kier molecular flexibility index (Phi) is 5.57. The maximum atomic E-state index is 11.3. The lowest BCUT2D eigenvalue weighted by Gasteiger charge is -2.32. The predicted molar refractivity (Wildman–Crippen MR) is 82.6 cm³/mol. The molecule has 0 saturated carbocycles. The summed E-state index contributed by atoms with van der Waals surface area (Å²) in [5, 5.41) is 10.2. The van der Waals surface area contributed by atoms with Gasteiger partial charge in [-0.05, 0) is 37.6 Å². The van der Waals surface area contributed by atoms with E-state index in [1.54, 1.807) is 0 Å². The zero-order valence-electron chi connectivity index (χ0n) is 11.1. The molecule has 5 heteroatoms. The summed E-state index contributed by atoms with van der Waals surface area (Å²) in [7, 11) is 1.42. The Balaban J connectivity index is 1.89. The largest absolute Gasteiger partial charge is 0.387 e. The molecule has 0 amide bonds. The first-order chi connectivity index (χ1) is 9.06. The van der Waals surface area contributed by atoms with E-state index in [0.29, 0.717) is 12.6 Å². The van der Waals surface area contributed by atoms with Crippen molar-refractivity contribution < 1.29 is 9.32 Å². The van der Waals surface area contributed by atoms with Crippen molar-refractivity contribution in [2.45, 2.75) is 25.0 Å². The fourth-order valence-electron chi connectivity index (χ4n) is 2.43. The van der Waals surface area contributed by atoms with Crippen molar-refractivity contribution in [2.24, 2.45) is 0 Å². The van der Waals surface area contributed by atoms with Gasteiger partial charge in [-0.1, -0.05) is 28.1 Å². The molecule has 19 heavy (non-hydrogen) atoms. The summed E-state index contributed by atoms with van der Waals surface area (Å²) in [6.07, 6.45) is 1.47. The molecule has 2 rings (SSSR count). The third-order valence-corrected chi connectivity index (χ3v) is 5.61. The lowest BCUT2D eigenvalue weighted by atomic mass is 10.1. The number of hydrogen-bond donors (Lipinski definition) is 1. The number of rotatable bonds is 4. The second-order valence-corrected chi connectivity index (χ2v) is 7.70. The van der Waals surface area contributed by atoms with Gasteiger partial charge in [-0.2, -0.15) is 0 Å². The second kappa shape index (κ2) is 6.97. The number of aliphatic hydroxyl groups excluding tert-OH is 1. The van der Waals surface area contributed by atoms with Crippen molar-refractivity contribution in [1.82, 2.24) is 4.90 Å². The topological polar surface area (TPSA) is 40.5 Å². The van der Waals surface area contributed by atoms with Crippen molar-refractivity contribution in [3.8, 4) is 0 Å². The summed E-state index contributed by atoms with van der Waals surface area (Å²) in [4.78, 5) is 2.20. The minimum atomic E-state index is -0.623.